The molecule has 2 heterocycles. The molecule has 0 unspecified atom stereocenters. The van der Waals surface area contributed by atoms with Crippen LogP contribution in [-0.2, 0) is 13.1 Å². The van der Waals surface area contributed by atoms with Crippen molar-refractivity contribution in [2.45, 2.75) is 26.4 Å². The van der Waals surface area contributed by atoms with Gasteiger partial charge < -0.3 is 14.6 Å². The van der Waals surface area contributed by atoms with Crippen LogP contribution in [0.4, 0.5) is 5.69 Å². The van der Waals surface area contributed by atoms with Crippen LogP contribution in [0.1, 0.15) is 19.1 Å². The Hall–Kier alpha value is -2.08. The molecule has 21 heavy (non-hydrogen) atoms. The summed E-state index contributed by atoms with van der Waals surface area (Å²) in [5.41, 5.74) is 0.789. The van der Waals surface area contributed by atoms with Crippen LogP contribution in [0.5, 0.6) is 0 Å². The second-order valence-electron chi connectivity index (χ2n) is 4.95. The standard InChI is InChI=1S/C15H22N4O2/c1-3-7-18(2)13-10-15(20)19(17-11-13)8-6-16-12-14-5-4-9-21-14/h4-5,9-11,16H,3,6-8,12H2,1-2H3. The molecule has 0 aromatic carbocycles. The Kier molecular flexibility index (Phi) is 5.57. The van der Waals surface area contributed by atoms with Gasteiger partial charge in [-0.15, -0.1) is 0 Å². The smallest absolute Gasteiger partial charge is 0.268 e. The van der Waals surface area contributed by atoms with E-state index in [2.05, 4.69) is 17.3 Å². The Morgan fingerprint density at radius 3 is 3.00 bits per heavy atom. The van der Waals surface area contributed by atoms with Gasteiger partial charge in [0.2, 0.25) is 0 Å². The fraction of sp³-hybridized carbons (Fsp3) is 0.467. The highest BCUT2D eigenvalue weighted by Gasteiger charge is 2.04. The number of hydrogen-bond donors (Lipinski definition) is 1. The predicted molar refractivity (Wildman–Crippen MR) is 82.5 cm³/mol. The van der Waals surface area contributed by atoms with Crippen LogP contribution in [0.25, 0.3) is 0 Å². The zero-order valence-corrected chi connectivity index (χ0v) is 12.6. The highest BCUT2D eigenvalue weighted by molar-refractivity contribution is 5.41. The van der Waals surface area contributed by atoms with E-state index >= 15 is 0 Å². The van der Waals surface area contributed by atoms with Crippen LogP contribution >= 0.6 is 0 Å². The van der Waals surface area contributed by atoms with Crippen LogP contribution < -0.4 is 15.8 Å². The minimum absolute atomic E-state index is 0.0738. The van der Waals surface area contributed by atoms with E-state index in [0.717, 1.165) is 24.4 Å². The minimum Gasteiger partial charge on any atom is -0.468 e. The van der Waals surface area contributed by atoms with E-state index in [9.17, 15) is 4.79 Å². The number of nitrogens with one attached hydrogen (secondary N) is 1. The molecule has 0 amide bonds. The zero-order valence-electron chi connectivity index (χ0n) is 12.6. The molecule has 0 atom stereocenters. The van der Waals surface area contributed by atoms with Crippen molar-refractivity contribution in [2.24, 2.45) is 0 Å². The molecule has 0 aliphatic heterocycles. The summed E-state index contributed by atoms with van der Waals surface area (Å²) in [6.07, 6.45) is 4.43. The van der Waals surface area contributed by atoms with Crippen molar-refractivity contribution in [1.29, 1.82) is 0 Å². The van der Waals surface area contributed by atoms with Crippen LogP contribution in [0.15, 0.2) is 39.9 Å². The lowest BCUT2D eigenvalue weighted by Gasteiger charge is -2.17. The number of hydrogen-bond acceptors (Lipinski definition) is 5. The number of furan rings is 1. The van der Waals surface area contributed by atoms with Crippen molar-refractivity contribution < 1.29 is 4.42 Å². The molecule has 0 aliphatic carbocycles. The Labute approximate surface area is 124 Å². The van der Waals surface area contributed by atoms with Gasteiger partial charge in [0.25, 0.3) is 5.56 Å². The van der Waals surface area contributed by atoms with Gasteiger partial charge in [-0.3, -0.25) is 4.79 Å². The molecular weight excluding hydrogens is 268 g/mol. The summed E-state index contributed by atoms with van der Waals surface area (Å²) in [6, 6.07) is 5.40. The monoisotopic (exact) mass is 290 g/mol. The minimum atomic E-state index is -0.0738. The van der Waals surface area contributed by atoms with E-state index in [1.807, 2.05) is 24.1 Å². The third kappa shape index (κ3) is 4.46. The lowest BCUT2D eigenvalue weighted by atomic mass is 10.3. The summed E-state index contributed by atoms with van der Waals surface area (Å²) in [4.78, 5) is 14.0. The number of rotatable bonds is 8. The lowest BCUT2D eigenvalue weighted by molar-refractivity contribution is 0.465. The van der Waals surface area contributed by atoms with Crippen molar-refractivity contribution in [3.63, 3.8) is 0 Å². The molecule has 0 spiro atoms. The first-order valence-electron chi connectivity index (χ1n) is 7.22. The maximum absolute atomic E-state index is 12.0. The van der Waals surface area contributed by atoms with Crippen molar-refractivity contribution >= 4 is 5.69 Å². The molecular formula is C15H22N4O2. The third-order valence-electron chi connectivity index (χ3n) is 3.23. The van der Waals surface area contributed by atoms with Gasteiger partial charge in [0.05, 0.1) is 31.2 Å². The van der Waals surface area contributed by atoms with Gasteiger partial charge in [0.15, 0.2) is 0 Å². The lowest BCUT2D eigenvalue weighted by Crippen LogP contribution is -2.29. The second-order valence-corrected chi connectivity index (χ2v) is 4.95. The fourth-order valence-corrected chi connectivity index (χ4v) is 2.07. The maximum atomic E-state index is 12.0. The van der Waals surface area contributed by atoms with E-state index < -0.39 is 0 Å². The molecule has 0 saturated carbocycles. The summed E-state index contributed by atoms with van der Waals surface area (Å²) >= 11 is 0. The molecule has 2 rings (SSSR count). The molecule has 0 radical (unpaired) electrons. The average Bonchev–Trinajstić information content (AvgIpc) is 2.98. The van der Waals surface area contributed by atoms with Crippen LogP contribution in [-0.4, -0.2) is 29.9 Å². The second kappa shape index (κ2) is 7.64. The zero-order chi connectivity index (χ0) is 15.1. The molecule has 114 valence electrons. The largest absolute Gasteiger partial charge is 0.468 e. The Bertz CT molecular complexity index is 592. The molecule has 6 nitrogen and oxygen atoms in total. The first-order valence-corrected chi connectivity index (χ1v) is 7.22. The number of aromatic nitrogens is 2. The van der Waals surface area contributed by atoms with Gasteiger partial charge in [0.1, 0.15) is 5.76 Å². The summed E-state index contributed by atoms with van der Waals surface area (Å²) in [5.74, 6) is 0.881. The van der Waals surface area contributed by atoms with Gasteiger partial charge in [-0.2, -0.15) is 5.10 Å². The highest BCUT2D eigenvalue weighted by atomic mass is 16.3. The summed E-state index contributed by atoms with van der Waals surface area (Å²) in [6.45, 7) is 4.87. The predicted octanol–water partition coefficient (Wildman–Crippen LogP) is 1.47. The van der Waals surface area contributed by atoms with E-state index in [1.165, 1.54) is 4.68 Å². The summed E-state index contributed by atoms with van der Waals surface area (Å²) < 4.78 is 6.69. The molecule has 0 saturated heterocycles. The normalized spacial score (nSPS) is 10.8. The molecule has 1 N–H and O–H groups in total. The Morgan fingerprint density at radius 1 is 1.48 bits per heavy atom. The van der Waals surface area contributed by atoms with E-state index in [-0.39, 0.29) is 5.56 Å². The quantitative estimate of drug-likeness (QED) is 0.746. The van der Waals surface area contributed by atoms with Crippen LogP contribution in [0.2, 0.25) is 0 Å². The van der Waals surface area contributed by atoms with Gasteiger partial charge in [-0.25, -0.2) is 4.68 Å². The summed E-state index contributed by atoms with van der Waals surface area (Å²) in [7, 11) is 1.97. The molecule has 0 fully saturated rings. The number of nitrogens with zero attached hydrogens (tertiary/aromatic N) is 3. The number of anilines is 1. The molecule has 2 aromatic rings. The van der Waals surface area contributed by atoms with Crippen molar-refractivity contribution in [2.75, 3.05) is 25.0 Å². The van der Waals surface area contributed by atoms with E-state index in [0.29, 0.717) is 19.6 Å². The SMILES string of the molecule is CCCN(C)c1cnn(CCNCc2ccco2)c(=O)c1. The van der Waals surface area contributed by atoms with Crippen LogP contribution in [0, 0.1) is 0 Å². The maximum Gasteiger partial charge on any atom is 0.268 e. The van der Waals surface area contributed by atoms with Gasteiger partial charge >= 0.3 is 0 Å². The topological polar surface area (TPSA) is 63.3 Å². The van der Waals surface area contributed by atoms with Crippen LogP contribution in [0.3, 0.4) is 0 Å². The average molecular weight is 290 g/mol. The first-order chi connectivity index (χ1) is 10.2. The fourth-order valence-electron chi connectivity index (χ4n) is 2.07. The first kappa shape index (κ1) is 15.3. The Balaban J connectivity index is 1.84. The molecule has 0 bridgehead atoms. The van der Waals surface area contributed by atoms with Crippen molar-refractivity contribution in [1.82, 2.24) is 15.1 Å². The van der Waals surface area contributed by atoms with E-state index in [4.69, 9.17) is 4.42 Å². The summed E-state index contributed by atoms with van der Waals surface area (Å²) in [5, 5.41) is 7.43. The van der Waals surface area contributed by atoms with E-state index in [1.54, 1.807) is 18.5 Å². The van der Waals surface area contributed by atoms with Gasteiger partial charge in [0, 0.05) is 26.2 Å². The van der Waals surface area contributed by atoms with Gasteiger partial charge in [-0.05, 0) is 18.6 Å². The molecule has 2 aromatic heterocycles. The van der Waals surface area contributed by atoms with Gasteiger partial charge in [-0.1, -0.05) is 6.92 Å². The molecule has 6 heteroatoms. The highest BCUT2D eigenvalue weighted by Crippen LogP contribution is 2.06. The van der Waals surface area contributed by atoms with Crippen molar-refractivity contribution in [3.05, 3.63) is 46.8 Å². The third-order valence-corrected chi connectivity index (χ3v) is 3.23. The van der Waals surface area contributed by atoms with Crippen molar-refractivity contribution in [3.8, 4) is 0 Å². The Morgan fingerprint density at radius 2 is 2.33 bits per heavy atom. The molecule has 0 aliphatic rings.